The van der Waals surface area contributed by atoms with Gasteiger partial charge in [0.15, 0.2) is 0 Å². The van der Waals surface area contributed by atoms with Crippen LogP contribution < -0.4 is 0 Å². The van der Waals surface area contributed by atoms with E-state index in [0.717, 1.165) is 5.56 Å². The molecule has 6 heteroatoms. The molecular weight excluding hydrogens is 400 g/mol. The van der Waals surface area contributed by atoms with Crippen molar-refractivity contribution in [3.63, 3.8) is 0 Å². The highest BCUT2D eigenvalue weighted by atomic mass is 19.1. The summed E-state index contributed by atoms with van der Waals surface area (Å²) in [6.07, 6.45) is -1.32. The summed E-state index contributed by atoms with van der Waals surface area (Å²) >= 11 is 0. The van der Waals surface area contributed by atoms with E-state index in [1.165, 1.54) is 24.3 Å². The molecule has 0 heterocycles. The second kappa shape index (κ2) is 10.5. The van der Waals surface area contributed by atoms with Gasteiger partial charge in [0, 0.05) is 19.1 Å². The third-order valence-corrected chi connectivity index (χ3v) is 5.37. The second-order valence-electron chi connectivity index (χ2n) is 7.82. The van der Waals surface area contributed by atoms with Gasteiger partial charge in [-0.25, -0.2) is 8.78 Å². The quantitative estimate of drug-likeness (QED) is 0.475. The Bertz CT molecular complexity index is 927. The first-order valence-electron chi connectivity index (χ1n) is 10.2. The molecular formula is C25H27F2NO3. The fourth-order valence-corrected chi connectivity index (χ4v) is 3.62. The van der Waals surface area contributed by atoms with Crippen LogP contribution in [-0.2, 0) is 6.42 Å². The summed E-state index contributed by atoms with van der Waals surface area (Å²) < 4.78 is 27.2. The average Bonchev–Trinajstić information content (AvgIpc) is 2.74. The molecule has 0 aliphatic carbocycles. The minimum Gasteiger partial charge on any atom is -0.508 e. The topological polar surface area (TPSA) is 63.9 Å². The summed E-state index contributed by atoms with van der Waals surface area (Å²) in [4.78, 5) is 1.90. The molecule has 0 bridgehead atoms. The van der Waals surface area contributed by atoms with Gasteiger partial charge in [-0.3, -0.25) is 4.90 Å². The molecule has 3 rings (SSSR count). The number of aliphatic hydroxyl groups is 2. The number of phenolic OH excluding ortho intramolecular Hbond substituents is 1. The minimum absolute atomic E-state index is 0.101. The zero-order valence-electron chi connectivity index (χ0n) is 17.3. The number of phenols is 1. The lowest BCUT2D eigenvalue weighted by Gasteiger charge is -2.33. The second-order valence-corrected chi connectivity index (χ2v) is 7.82. The van der Waals surface area contributed by atoms with Gasteiger partial charge in [-0.1, -0.05) is 36.4 Å². The van der Waals surface area contributed by atoms with Gasteiger partial charge in [0.05, 0.1) is 12.2 Å². The normalized spacial score (nSPS) is 14.4. The molecule has 4 nitrogen and oxygen atoms in total. The van der Waals surface area contributed by atoms with E-state index in [1.807, 2.05) is 24.0 Å². The molecule has 0 aromatic heterocycles. The number of hydrogen-bond donors (Lipinski definition) is 3. The van der Waals surface area contributed by atoms with Crippen molar-refractivity contribution >= 4 is 0 Å². The van der Waals surface area contributed by atoms with Crippen molar-refractivity contribution in [3.05, 3.63) is 101 Å². The van der Waals surface area contributed by atoms with Crippen LogP contribution in [0.1, 0.15) is 35.8 Å². The predicted molar refractivity (Wildman–Crippen MR) is 116 cm³/mol. The Morgan fingerprint density at radius 1 is 0.774 bits per heavy atom. The van der Waals surface area contributed by atoms with Crippen molar-refractivity contribution in [3.8, 4) is 5.75 Å². The summed E-state index contributed by atoms with van der Waals surface area (Å²) in [6.45, 7) is 2.29. The summed E-state index contributed by atoms with van der Waals surface area (Å²) in [5.74, 6) is -0.684. The van der Waals surface area contributed by atoms with Gasteiger partial charge in [0.1, 0.15) is 17.4 Å². The van der Waals surface area contributed by atoms with Gasteiger partial charge in [0.2, 0.25) is 0 Å². The summed E-state index contributed by atoms with van der Waals surface area (Å²) in [5, 5.41) is 30.9. The third kappa shape index (κ3) is 6.59. The first-order chi connectivity index (χ1) is 14.8. The fraction of sp³-hybridized carbons (Fsp3) is 0.280. The van der Waals surface area contributed by atoms with Crippen molar-refractivity contribution in [2.45, 2.75) is 31.6 Å². The van der Waals surface area contributed by atoms with Crippen LogP contribution in [0.2, 0.25) is 0 Å². The van der Waals surface area contributed by atoms with Crippen LogP contribution in [-0.4, -0.2) is 39.4 Å². The van der Waals surface area contributed by atoms with Crippen LogP contribution in [0.5, 0.6) is 5.75 Å². The standard InChI is InChI=1S/C25H27F2NO3/c1-17(12-18-8-10-23(29)11-9-18)28(15-24(30)19-4-2-6-21(26)13-19)16-25(31)20-5-3-7-22(27)14-20/h2-11,13-14,17,24-25,29-31H,12,15-16H2,1H3/t17-,24-,25-/m1/s1. The van der Waals surface area contributed by atoms with Gasteiger partial charge >= 0.3 is 0 Å². The zero-order chi connectivity index (χ0) is 22.4. The van der Waals surface area contributed by atoms with Crippen molar-refractivity contribution in [2.75, 3.05) is 13.1 Å². The number of rotatable bonds is 9. The first kappa shape index (κ1) is 22.9. The van der Waals surface area contributed by atoms with Crippen LogP contribution in [0.15, 0.2) is 72.8 Å². The average molecular weight is 427 g/mol. The lowest BCUT2D eigenvalue weighted by molar-refractivity contribution is 0.0478. The first-order valence-corrected chi connectivity index (χ1v) is 10.2. The van der Waals surface area contributed by atoms with E-state index in [9.17, 15) is 24.1 Å². The number of nitrogens with zero attached hydrogens (tertiary/aromatic N) is 1. The lowest BCUT2D eigenvalue weighted by atomic mass is 10.0. The van der Waals surface area contributed by atoms with Crippen molar-refractivity contribution in [1.29, 1.82) is 0 Å². The number of aromatic hydroxyl groups is 1. The highest BCUT2D eigenvalue weighted by Crippen LogP contribution is 2.23. The van der Waals surface area contributed by atoms with Gasteiger partial charge in [-0.2, -0.15) is 0 Å². The molecule has 0 spiro atoms. The minimum atomic E-state index is -0.960. The van der Waals surface area contributed by atoms with E-state index in [1.54, 1.807) is 36.4 Å². The Labute approximate surface area is 181 Å². The highest BCUT2D eigenvalue weighted by molar-refractivity contribution is 5.26. The predicted octanol–water partition coefficient (Wildman–Crippen LogP) is 4.37. The monoisotopic (exact) mass is 427 g/mol. The van der Waals surface area contributed by atoms with Gasteiger partial charge < -0.3 is 15.3 Å². The summed E-state index contributed by atoms with van der Waals surface area (Å²) in [5.41, 5.74) is 1.87. The molecule has 0 aliphatic rings. The molecule has 0 fully saturated rings. The van der Waals surface area contributed by atoms with Gasteiger partial charge in [0.25, 0.3) is 0 Å². The molecule has 0 saturated heterocycles. The van der Waals surface area contributed by atoms with Crippen LogP contribution in [0, 0.1) is 11.6 Å². The third-order valence-electron chi connectivity index (χ3n) is 5.37. The number of halogens is 2. The van der Waals surface area contributed by atoms with Crippen molar-refractivity contribution in [1.82, 2.24) is 4.90 Å². The zero-order valence-corrected chi connectivity index (χ0v) is 17.3. The molecule has 3 aromatic rings. The molecule has 3 N–H and O–H groups in total. The van der Waals surface area contributed by atoms with Gasteiger partial charge in [-0.05, 0) is 66.4 Å². The number of benzene rings is 3. The lowest BCUT2D eigenvalue weighted by Crippen LogP contribution is -2.40. The molecule has 0 aliphatic heterocycles. The maximum atomic E-state index is 13.6. The molecule has 3 aromatic carbocycles. The molecule has 0 radical (unpaired) electrons. The summed E-state index contributed by atoms with van der Waals surface area (Å²) in [7, 11) is 0. The maximum Gasteiger partial charge on any atom is 0.123 e. The Morgan fingerprint density at radius 2 is 1.26 bits per heavy atom. The van der Waals surface area contributed by atoms with Crippen molar-refractivity contribution < 1.29 is 24.1 Å². The van der Waals surface area contributed by atoms with Crippen LogP contribution in [0.3, 0.4) is 0 Å². The Hall–Kier alpha value is -2.80. The van der Waals surface area contributed by atoms with Gasteiger partial charge in [-0.15, -0.1) is 0 Å². The Balaban J connectivity index is 1.78. The van der Waals surface area contributed by atoms with Crippen LogP contribution in [0.25, 0.3) is 0 Å². The molecule has 0 saturated carbocycles. The van der Waals surface area contributed by atoms with E-state index in [-0.39, 0.29) is 24.9 Å². The Morgan fingerprint density at radius 3 is 1.71 bits per heavy atom. The van der Waals surface area contributed by atoms with E-state index in [0.29, 0.717) is 17.5 Å². The van der Waals surface area contributed by atoms with Crippen LogP contribution in [0.4, 0.5) is 8.78 Å². The van der Waals surface area contributed by atoms with Crippen molar-refractivity contribution in [2.24, 2.45) is 0 Å². The largest absolute Gasteiger partial charge is 0.508 e. The van der Waals surface area contributed by atoms with E-state index >= 15 is 0 Å². The summed E-state index contributed by atoms with van der Waals surface area (Å²) in [6, 6.07) is 18.3. The fourth-order valence-electron chi connectivity index (χ4n) is 3.62. The van der Waals surface area contributed by atoms with E-state index < -0.39 is 23.8 Å². The smallest absolute Gasteiger partial charge is 0.123 e. The number of hydrogen-bond acceptors (Lipinski definition) is 4. The molecule has 0 unspecified atom stereocenters. The Kier molecular flexibility index (Phi) is 7.74. The van der Waals surface area contributed by atoms with E-state index in [4.69, 9.17) is 0 Å². The van der Waals surface area contributed by atoms with E-state index in [2.05, 4.69) is 0 Å². The molecule has 3 atom stereocenters. The molecule has 164 valence electrons. The molecule has 0 amide bonds. The SMILES string of the molecule is C[C@H](Cc1ccc(O)cc1)N(C[C@@H](O)c1cccc(F)c1)C[C@@H](O)c1cccc(F)c1. The highest BCUT2D eigenvalue weighted by Gasteiger charge is 2.23. The number of aliphatic hydroxyl groups excluding tert-OH is 2. The maximum absolute atomic E-state index is 13.6. The molecule has 31 heavy (non-hydrogen) atoms. The van der Waals surface area contributed by atoms with Crippen LogP contribution >= 0.6 is 0 Å².